The Bertz CT molecular complexity index is 1150. The van der Waals surface area contributed by atoms with Gasteiger partial charge >= 0.3 is 0 Å². The van der Waals surface area contributed by atoms with E-state index in [4.69, 9.17) is 5.73 Å². The lowest BCUT2D eigenvalue weighted by Crippen LogP contribution is -2.32. The first-order chi connectivity index (χ1) is 14.4. The Morgan fingerprint density at radius 3 is 2.63 bits per heavy atom. The fourth-order valence-electron chi connectivity index (χ4n) is 3.18. The minimum absolute atomic E-state index is 0.00459. The number of amides is 2. The Morgan fingerprint density at radius 1 is 1.13 bits per heavy atom. The summed E-state index contributed by atoms with van der Waals surface area (Å²) in [7, 11) is 0. The number of carbonyl (C=O) groups excluding carboxylic acids is 2. The second-order valence-corrected chi connectivity index (χ2v) is 6.57. The number of fused-ring (bicyclic) bond motifs is 1. The number of halogens is 2. The van der Waals surface area contributed by atoms with Crippen LogP contribution in [0.5, 0.6) is 0 Å². The molecule has 0 bridgehead atoms. The van der Waals surface area contributed by atoms with E-state index in [1.165, 1.54) is 6.20 Å². The van der Waals surface area contributed by atoms with Gasteiger partial charge < -0.3 is 21.7 Å². The molecule has 2 heterocycles. The third-order valence-electron chi connectivity index (χ3n) is 4.51. The van der Waals surface area contributed by atoms with E-state index in [0.717, 1.165) is 23.8 Å². The molecule has 0 aliphatic carbocycles. The highest BCUT2D eigenvalue weighted by Crippen LogP contribution is 2.28. The molecule has 10 heteroatoms. The minimum atomic E-state index is -0.765. The zero-order valence-corrected chi connectivity index (χ0v) is 15.5. The Labute approximate surface area is 169 Å². The Balaban J connectivity index is 1.70. The van der Waals surface area contributed by atoms with E-state index < -0.39 is 17.5 Å². The maximum atomic E-state index is 13.4. The lowest BCUT2D eigenvalue weighted by molar-refractivity contribution is 0.0944. The van der Waals surface area contributed by atoms with Gasteiger partial charge in [-0.2, -0.15) is 4.98 Å². The SMILES string of the molecule is NC(=O)c1cnc(Nc2cc(F)cc(F)c2)nc1Nc1cccc2c1CCNC2=O. The number of rotatable bonds is 5. The van der Waals surface area contributed by atoms with Crippen molar-refractivity contribution in [1.29, 1.82) is 0 Å². The summed E-state index contributed by atoms with van der Waals surface area (Å²) in [5.74, 6) is -2.39. The largest absolute Gasteiger partial charge is 0.365 e. The van der Waals surface area contributed by atoms with E-state index in [-0.39, 0.29) is 28.9 Å². The number of hydrogen-bond donors (Lipinski definition) is 4. The van der Waals surface area contributed by atoms with Crippen molar-refractivity contribution in [3.05, 3.63) is 70.9 Å². The predicted octanol–water partition coefficient (Wildman–Crippen LogP) is 2.63. The number of nitrogens with two attached hydrogens (primary N) is 1. The molecule has 0 fully saturated rings. The molecule has 1 aromatic heterocycles. The predicted molar refractivity (Wildman–Crippen MR) is 106 cm³/mol. The molecule has 30 heavy (non-hydrogen) atoms. The highest BCUT2D eigenvalue weighted by Gasteiger charge is 2.21. The first-order valence-corrected chi connectivity index (χ1v) is 8.98. The standard InChI is InChI=1S/C20H16F2N6O2/c21-10-6-11(22)8-12(7-10)26-20-25-9-15(17(23)29)18(28-20)27-16-3-1-2-14-13(16)4-5-24-19(14)30/h1-3,6-9H,4-5H2,(H2,23,29)(H,24,30)(H2,25,26,27,28). The van der Waals surface area contributed by atoms with Gasteiger partial charge in [0.1, 0.15) is 23.0 Å². The van der Waals surface area contributed by atoms with Gasteiger partial charge in [-0.05, 0) is 36.2 Å². The number of hydrogen-bond acceptors (Lipinski definition) is 6. The summed E-state index contributed by atoms with van der Waals surface area (Å²) in [6.45, 7) is 0.481. The number of nitrogens with zero attached hydrogens (tertiary/aromatic N) is 2. The van der Waals surface area contributed by atoms with Crippen molar-refractivity contribution >= 4 is 35.0 Å². The molecule has 5 N–H and O–H groups in total. The van der Waals surface area contributed by atoms with Crippen LogP contribution in [0.3, 0.4) is 0 Å². The number of benzene rings is 2. The van der Waals surface area contributed by atoms with E-state index in [1.807, 2.05) is 0 Å². The fraction of sp³-hybridized carbons (Fsp3) is 0.100. The second-order valence-electron chi connectivity index (χ2n) is 6.57. The summed E-state index contributed by atoms with van der Waals surface area (Å²) in [5.41, 5.74) is 7.43. The van der Waals surface area contributed by atoms with Gasteiger partial charge in [0.25, 0.3) is 11.8 Å². The Morgan fingerprint density at radius 2 is 1.90 bits per heavy atom. The number of aromatic nitrogens is 2. The minimum Gasteiger partial charge on any atom is -0.365 e. The summed E-state index contributed by atoms with van der Waals surface area (Å²) >= 11 is 0. The zero-order chi connectivity index (χ0) is 21.3. The average molecular weight is 410 g/mol. The van der Waals surface area contributed by atoms with Crippen molar-refractivity contribution in [3.8, 4) is 0 Å². The van der Waals surface area contributed by atoms with E-state index in [2.05, 4.69) is 25.9 Å². The Hall–Kier alpha value is -4.08. The smallest absolute Gasteiger partial charge is 0.254 e. The summed E-state index contributed by atoms with van der Waals surface area (Å²) in [6, 6.07) is 8.05. The van der Waals surface area contributed by atoms with Crippen LogP contribution in [0.1, 0.15) is 26.3 Å². The normalized spacial score (nSPS) is 12.7. The molecule has 0 atom stereocenters. The van der Waals surface area contributed by atoms with Gasteiger partial charge in [-0.1, -0.05) is 6.07 Å². The Kier molecular flexibility index (Phi) is 4.97. The van der Waals surface area contributed by atoms with Gasteiger partial charge in [-0.3, -0.25) is 9.59 Å². The summed E-state index contributed by atoms with van der Waals surface area (Å²) in [5, 5.41) is 8.49. The van der Waals surface area contributed by atoms with Crippen molar-refractivity contribution in [1.82, 2.24) is 15.3 Å². The van der Waals surface area contributed by atoms with E-state index in [1.54, 1.807) is 18.2 Å². The van der Waals surface area contributed by atoms with Gasteiger partial charge in [0, 0.05) is 35.7 Å². The van der Waals surface area contributed by atoms with Gasteiger partial charge in [-0.15, -0.1) is 0 Å². The fourth-order valence-corrected chi connectivity index (χ4v) is 3.18. The van der Waals surface area contributed by atoms with Crippen molar-refractivity contribution in [3.63, 3.8) is 0 Å². The molecular formula is C20H16F2N6O2. The van der Waals surface area contributed by atoms with Crippen LogP contribution in [0, 0.1) is 11.6 Å². The molecule has 0 saturated heterocycles. The topological polar surface area (TPSA) is 122 Å². The van der Waals surface area contributed by atoms with Crippen LogP contribution in [0.4, 0.5) is 31.9 Å². The maximum absolute atomic E-state index is 13.4. The molecule has 0 unspecified atom stereocenters. The van der Waals surface area contributed by atoms with Crippen LogP contribution in [0.15, 0.2) is 42.6 Å². The third-order valence-corrected chi connectivity index (χ3v) is 4.51. The van der Waals surface area contributed by atoms with Gasteiger partial charge in [0.15, 0.2) is 0 Å². The highest BCUT2D eigenvalue weighted by atomic mass is 19.1. The molecule has 1 aliphatic rings. The van der Waals surface area contributed by atoms with Gasteiger partial charge in [-0.25, -0.2) is 13.8 Å². The molecule has 2 amide bonds. The monoisotopic (exact) mass is 410 g/mol. The van der Waals surface area contributed by atoms with Crippen LogP contribution >= 0.6 is 0 Å². The quantitative estimate of drug-likeness (QED) is 0.513. The van der Waals surface area contributed by atoms with Crippen molar-refractivity contribution < 1.29 is 18.4 Å². The van der Waals surface area contributed by atoms with E-state index >= 15 is 0 Å². The van der Waals surface area contributed by atoms with Crippen LogP contribution in [-0.2, 0) is 6.42 Å². The third kappa shape index (κ3) is 3.88. The van der Waals surface area contributed by atoms with Crippen molar-refractivity contribution in [2.75, 3.05) is 17.2 Å². The van der Waals surface area contributed by atoms with Crippen molar-refractivity contribution in [2.24, 2.45) is 5.73 Å². The molecule has 152 valence electrons. The van der Waals surface area contributed by atoms with Crippen LogP contribution < -0.4 is 21.7 Å². The number of carbonyl (C=O) groups is 2. The summed E-state index contributed by atoms with van der Waals surface area (Å²) in [4.78, 5) is 32.1. The molecule has 0 radical (unpaired) electrons. The number of primary amides is 1. The molecule has 0 saturated carbocycles. The molecule has 2 aromatic carbocycles. The molecule has 3 aromatic rings. The molecule has 1 aliphatic heterocycles. The lowest BCUT2D eigenvalue weighted by Gasteiger charge is -2.20. The zero-order valence-electron chi connectivity index (χ0n) is 15.5. The van der Waals surface area contributed by atoms with E-state index in [9.17, 15) is 18.4 Å². The highest BCUT2D eigenvalue weighted by molar-refractivity contribution is 6.00. The first-order valence-electron chi connectivity index (χ1n) is 8.98. The lowest BCUT2D eigenvalue weighted by atomic mass is 9.98. The number of nitrogens with one attached hydrogen (secondary N) is 3. The average Bonchev–Trinajstić information content (AvgIpc) is 2.68. The molecular weight excluding hydrogens is 394 g/mol. The first kappa shape index (κ1) is 19.2. The molecule has 0 spiro atoms. The maximum Gasteiger partial charge on any atom is 0.254 e. The summed E-state index contributed by atoms with van der Waals surface area (Å²) < 4.78 is 26.9. The van der Waals surface area contributed by atoms with Crippen LogP contribution in [0.25, 0.3) is 0 Å². The van der Waals surface area contributed by atoms with E-state index in [0.29, 0.717) is 24.2 Å². The molecule has 8 nitrogen and oxygen atoms in total. The van der Waals surface area contributed by atoms with Gasteiger partial charge in [0.05, 0.1) is 0 Å². The number of anilines is 4. The van der Waals surface area contributed by atoms with Gasteiger partial charge in [0.2, 0.25) is 5.95 Å². The van der Waals surface area contributed by atoms with Crippen LogP contribution in [0.2, 0.25) is 0 Å². The van der Waals surface area contributed by atoms with Crippen molar-refractivity contribution in [2.45, 2.75) is 6.42 Å². The van der Waals surface area contributed by atoms with Crippen LogP contribution in [-0.4, -0.2) is 28.3 Å². The second kappa shape index (κ2) is 7.74. The summed E-state index contributed by atoms with van der Waals surface area (Å²) in [6.07, 6.45) is 1.80. The molecule has 4 rings (SSSR count).